The van der Waals surface area contributed by atoms with E-state index >= 15 is 0 Å². The minimum absolute atomic E-state index is 0.150. The van der Waals surface area contributed by atoms with Crippen molar-refractivity contribution < 1.29 is 4.79 Å². The molecule has 0 bridgehead atoms. The number of amides is 1. The van der Waals surface area contributed by atoms with Gasteiger partial charge in [0, 0.05) is 15.0 Å². The predicted octanol–water partition coefficient (Wildman–Crippen LogP) is 4.88. The molecule has 1 unspecified atom stereocenters. The molecule has 2 aromatic heterocycles. The molecule has 0 radical (unpaired) electrons. The molecule has 160 valence electrons. The molecule has 3 aromatic rings. The molecule has 0 fully saturated rings. The highest BCUT2D eigenvalue weighted by atomic mass is 79.9. The highest BCUT2D eigenvalue weighted by Crippen LogP contribution is 2.27. The van der Waals surface area contributed by atoms with E-state index in [4.69, 9.17) is 4.98 Å². The number of fused-ring (bicyclic) bond motifs is 1. The van der Waals surface area contributed by atoms with E-state index in [1.165, 1.54) is 11.3 Å². The van der Waals surface area contributed by atoms with Crippen LogP contribution in [0.5, 0.6) is 0 Å². The first-order valence-electron chi connectivity index (χ1n) is 10.1. The Morgan fingerprint density at radius 3 is 2.47 bits per heavy atom. The van der Waals surface area contributed by atoms with E-state index in [1.807, 2.05) is 38.1 Å². The minimum Gasteiger partial charge on any atom is -0.324 e. The summed E-state index contributed by atoms with van der Waals surface area (Å²) >= 11 is 4.93. The van der Waals surface area contributed by atoms with Crippen molar-refractivity contribution in [2.24, 2.45) is 0 Å². The van der Waals surface area contributed by atoms with Crippen LogP contribution in [0.15, 0.2) is 33.5 Å². The molecule has 8 heteroatoms. The molecular formula is C22H27BrN4O2S. The van der Waals surface area contributed by atoms with Crippen LogP contribution in [0, 0.1) is 13.8 Å². The van der Waals surface area contributed by atoms with Crippen LogP contribution in [0.1, 0.15) is 43.1 Å². The SMILES string of the molecule is CCN(CC)Cc1nc2sc(C)c(C)c2c(=O)n1C(C)C(=O)Nc1ccc(Br)cc1. The minimum atomic E-state index is -0.691. The van der Waals surface area contributed by atoms with Crippen LogP contribution in [-0.2, 0) is 11.3 Å². The Labute approximate surface area is 189 Å². The van der Waals surface area contributed by atoms with Gasteiger partial charge in [-0.15, -0.1) is 11.3 Å². The van der Waals surface area contributed by atoms with Crippen molar-refractivity contribution in [1.29, 1.82) is 0 Å². The molecule has 30 heavy (non-hydrogen) atoms. The van der Waals surface area contributed by atoms with Crippen LogP contribution in [0.2, 0.25) is 0 Å². The van der Waals surface area contributed by atoms with Gasteiger partial charge in [0.05, 0.1) is 11.9 Å². The molecule has 0 saturated heterocycles. The number of nitrogens with zero attached hydrogens (tertiary/aromatic N) is 3. The van der Waals surface area contributed by atoms with Crippen LogP contribution in [0.4, 0.5) is 5.69 Å². The number of hydrogen-bond acceptors (Lipinski definition) is 5. The van der Waals surface area contributed by atoms with Crippen molar-refractivity contribution in [2.75, 3.05) is 18.4 Å². The first kappa shape index (κ1) is 22.7. The number of carbonyl (C=O) groups excluding carboxylic acids is 1. The largest absolute Gasteiger partial charge is 0.324 e. The molecule has 2 heterocycles. The van der Waals surface area contributed by atoms with E-state index in [1.54, 1.807) is 11.5 Å². The van der Waals surface area contributed by atoms with Gasteiger partial charge < -0.3 is 5.32 Å². The molecule has 6 nitrogen and oxygen atoms in total. The summed E-state index contributed by atoms with van der Waals surface area (Å²) in [5.41, 5.74) is 1.48. The Hall–Kier alpha value is -2.03. The summed E-state index contributed by atoms with van der Waals surface area (Å²) < 4.78 is 2.50. The van der Waals surface area contributed by atoms with Gasteiger partial charge in [-0.25, -0.2) is 4.98 Å². The second kappa shape index (κ2) is 9.41. The number of aryl methyl sites for hydroxylation is 2. The Balaban J connectivity index is 2.07. The Bertz CT molecular complexity index is 1120. The van der Waals surface area contributed by atoms with E-state index in [0.29, 0.717) is 23.4 Å². The van der Waals surface area contributed by atoms with Crippen molar-refractivity contribution >= 4 is 49.1 Å². The lowest BCUT2D eigenvalue weighted by Gasteiger charge is -2.23. The zero-order chi connectivity index (χ0) is 22.0. The number of thiophene rings is 1. The molecular weight excluding hydrogens is 464 g/mol. The molecule has 0 aliphatic heterocycles. The van der Waals surface area contributed by atoms with Crippen molar-refractivity contribution in [3.63, 3.8) is 0 Å². The molecule has 1 aromatic carbocycles. The Morgan fingerprint density at radius 2 is 1.87 bits per heavy atom. The van der Waals surface area contributed by atoms with Gasteiger partial charge >= 0.3 is 0 Å². The Kier molecular flexibility index (Phi) is 7.10. The van der Waals surface area contributed by atoms with E-state index in [0.717, 1.165) is 32.8 Å². The van der Waals surface area contributed by atoms with Crippen LogP contribution in [0.25, 0.3) is 10.2 Å². The number of halogens is 1. The number of aromatic nitrogens is 2. The van der Waals surface area contributed by atoms with Gasteiger partial charge in [-0.05, 0) is 63.7 Å². The monoisotopic (exact) mass is 490 g/mol. The lowest BCUT2D eigenvalue weighted by molar-refractivity contribution is -0.119. The lowest BCUT2D eigenvalue weighted by Crippen LogP contribution is -2.37. The van der Waals surface area contributed by atoms with Gasteiger partial charge in [-0.3, -0.25) is 19.1 Å². The molecule has 1 atom stereocenters. The summed E-state index contributed by atoms with van der Waals surface area (Å²) in [5.74, 6) is 0.377. The lowest BCUT2D eigenvalue weighted by atomic mass is 10.2. The molecule has 0 spiro atoms. The van der Waals surface area contributed by atoms with E-state index in [-0.39, 0.29) is 11.5 Å². The maximum absolute atomic E-state index is 13.5. The maximum atomic E-state index is 13.5. The van der Waals surface area contributed by atoms with Crippen LogP contribution in [0.3, 0.4) is 0 Å². The fourth-order valence-electron chi connectivity index (χ4n) is 3.40. The van der Waals surface area contributed by atoms with Crippen LogP contribution >= 0.6 is 27.3 Å². The Morgan fingerprint density at radius 1 is 1.23 bits per heavy atom. The number of benzene rings is 1. The van der Waals surface area contributed by atoms with E-state index in [9.17, 15) is 9.59 Å². The standard InChI is InChI=1S/C22H27BrN4O2S/c1-6-26(7-2)12-18-25-21-19(13(3)15(5)30-21)22(29)27(18)14(4)20(28)24-17-10-8-16(23)9-11-17/h8-11,14H,6-7,12H2,1-5H3,(H,24,28). The third-order valence-corrected chi connectivity index (χ3v) is 7.08. The number of nitrogens with one attached hydrogen (secondary N) is 1. The third kappa shape index (κ3) is 4.50. The maximum Gasteiger partial charge on any atom is 0.263 e. The number of hydrogen-bond donors (Lipinski definition) is 1. The summed E-state index contributed by atoms with van der Waals surface area (Å²) in [4.78, 5) is 35.4. The predicted molar refractivity (Wildman–Crippen MR) is 127 cm³/mol. The first-order chi connectivity index (χ1) is 14.3. The summed E-state index contributed by atoms with van der Waals surface area (Å²) in [6.45, 7) is 12.0. The van der Waals surface area contributed by atoms with E-state index < -0.39 is 6.04 Å². The fraction of sp³-hybridized carbons (Fsp3) is 0.409. The van der Waals surface area contributed by atoms with Gasteiger partial charge in [0.1, 0.15) is 16.7 Å². The summed E-state index contributed by atoms with van der Waals surface area (Å²) in [7, 11) is 0. The zero-order valence-corrected chi connectivity index (χ0v) is 20.4. The molecule has 1 amide bonds. The van der Waals surface area contributed by atoms with Gasteiger partial charge in [0.25, 0.3) is 5.56 Å². The van der Waals surface area contributed by atoms with Crippen LogP contribution < -0.4 is 10.9 Å². The molecule has 1 N–H and O–H groups in total. The van der Waals surface area contributed by atoms with Gasteiger partial charge in [0.2, 0.25) is 5.91 Å². The summed E-state index contributed by atoms with van der Waals surface area (Å²) in [6, 6.07) is 6.68. The average molecular weight is 491 g/mol. The topological polar surface area (TPSA) is 67.2 Å². The highest BCUT2D eigenvalue weighted by Gasteiger charge is 2.24. The normalized spacial score (nSPS) is 12.5. The van der Waals surface area contributed by atoms with Gasteiger partial charge in [-0.1, -0.05) is 29.8 Å². The average Bonchev–Trinajstić information content (AvgIpc) is 3.01. The van der Waals surface area contributed by atoms with Gasteiger partial charge in [0.15, 0.2) is 0 Å². The molecule has 0 aliphatic carbocycles. The fourth-order valence-corrected chi connectivity index (χ4v) is 4.71. The summed E-state index contributed by atoms with van der Waals surface area (Å²) in [5, 5.41) is 3.53. The molecule has 0 aliphatic rings. The van der Waals surface area contributed by atoms with Crippen molar-refractivity contribution in [3.05, 3.63) is 55.4 Å². The first-order valence-corrected chi connectivity index (χ1v) is 11.7. The van der Waals surface area contributed by atoms with Crippen molar-refractivity contribution in [3.8, 4) is 0 Å². The van der Waals surface area contributed by atoms with Crippen molar-refractivity contribution in [2.45, 2.75) is 47.2 Å². The van der Waals surface area contributed by atoms with Crippen LogP contribution in [-0.4, -0.2) is 33.4 Å². The molecule has 0 saturated carbocycles. The number of anilines is 1. The second-order valence-electron chi connectivity index (χ2n) is 7.30. The highest BCUT2D eigenvalue weighted by molar-refractivity contribution is 9.10. The third-order valence-electron chi connectivity index (χ3n) is 5.45. The molecule has 3 rings (SSSR count). The summed E-state index contributed by atoms with van der Waals surface area (Å²) in [6.07, 6.45) is 0. The smallest absolute Gasteiger partial charge is 0.263 e. The number of carbonyl (C=O) groups is 1. The van der Waals surface area contributed by atoms with Crippen molar-refractivity contribution in [1.82, 2.24) is 14.5 Å². The van der Waals surface area contributed by atoms with E-state index in [2.05, 4.69) is 40.0 Å². The second-order valence-corrected chi connectivity index (χ2v) is 9.42. The van der Waals surface area contributed by atoms with Gasteiger partial charge in [-0.2, -0.15) is 0 Å². The zero-order valence-electron chi connectivity index (χ0n) is 18.0. The quantitative estimate of drug-likeness (QED) is 0.512. The number of rotatable bonds is 7.